The zero-order valence-corrected chi connectivity index (χ0v) is 8.76. The molecule has 0 spiro atoms. The molecule has 14 heavy (non-hydrogen) atoms. The average Bonchev–Trinajstić information content (AvgIpc) is 2.44. The molecule has 4 nitrogen and oxygen atoms in total. The molecule has 1 amide bonds. The van der Waals surface area contributed by atoms with Gasteiger partial charge in [-0.25, -0.2) is 0 Å². The number of aromatic amines is 1. The number of carbonyl (C=O) groups is 1. The van der Waals surface area contributed by atoms with E-state index in [4.69, 9.17) is 11.5 Å². The summed E-state index contributed by atoms with van der Waals surface area (Å²) >= 11 is 3.33. The second-order valence-electron chi connectivity index (χ2n) is 2.97. The third-order valence-corrected chi connectivity index (χ3v) is 2.54. The molecule has 1 heterocycles. The third kappa shape index (κ3) is 1.26. The van der Waals surface area contributed by atoms with E-state index in [1.165, 1.54) is 0 Å². The summed E-state index contributed by atoms with van der Waals surface area (Å²) < 4.78 is 0.909. The molecule has 0 saturated carbocycles. The van der Waals surface area contributed by atoms with Crippen LogP contribution >= 0.6 is 15.9 Å². The zero-order valence-electron chi connectivity index (χ0n) is 7.17. The third-order valence-electron chi connectivity index (χ3n) is 2.05. The molecular formula is C9H8BrN3O. The number of rotatable bonds is 1. The van der Waals surface area contributed by atoms with Crippen LogP contribution in [0, 0.1) is 0 Å². The molecule has 1 aromatic carbocycles. The Morgan fingerprint density at radius 2 is 2.14 bits per heavy atom. The van der Waals surface area contributed by atoms with E-state index in [1.54, 1.807) is 0 Å². The molecule has 0 unspecified atom stereocenters. The molecular weight excluding hydrogens is 246 g/mol. The predicted octanol–water partition coefficient (Wildman–Crippen LogP) is 1.61. The van der Waals surface area contributed by atoms with Crippen molar-refractivity contribution in [2.75, 3.05) is 5.73 Å². The predicted molar refractivity (Wildman–Crippen MR) is 58.9 cm³/mol. The number of nitrogens with one attached hydrogen (secondary N) is 1. The Kier molecular flexibility index (Phi) is 1.96. The first-order valence-electron chi connectivity index (χ1n) is 3.96. The maximum absolute atomic E-state index is 11.0. The summed E-state index contributed by atoms with van der Waals surface area (Å²) in [5, 5.41) is 0.799. The largest absolute Gasteiger partial charge is 0.396 e. The maximum Gasteiger partial charge on any atom is 0.267 e. The number of aromatic nitrogens is 1. The van der Waals surface area contributed by atoms with Gasteiger partial charge in [-0.1, -0.05) is 15.9 Å². The number of nitrogen functional groups attached to an aromatic ring is 1. The van der Waals surface area contributed by atoms with E-state index in [9.17, 15) is 4.79 Å². The van der Waals surface area contributed by atoms with E-state index >= 15 is 0 Å². The van der Waals surface area contributed by atoms with Crippen molar-refractivity contribution in [1.29, 1.82) is 0 Å². The van der Waals surface area contributed by atoms with Gasteiger partial charge in [-0.3, -0.25) is 4.79 Å². The number of halogens is 1. The van der Waals surface area contributed by atoms with Crippen molar-refractivity contribution in [3.05, 3.63) is 28.4 Å². The van der Waals surface area contributed by atoms with Crippen LogP contribution in [-0.2, 0) is 0 Å². The van der Waals surface area contributed by atoms with Gasteiger partial charge in [0.15, 0.2) is 0 Å². The highest BCUT2D eigenvalue weighted by atomic mass is 79.9. The molecule has 1 aromatic heterocycles. The van der Waals surface area contributed by atoms with E-state index in [0.29, 0.717) is 5.69 Å². The number of H-pyrrole nitrogens is 1. The van der Waals surface area contributed by atoms with Crippen molar-refractivity contribution in [3.63, 3.8) is 0 Å². The molecule has 0 bridgehead atoms. The summed E-state index contributed by atoms with van der Waals surface area (Å²) in [4.78, 5) is 13.8. The van der Waals surface area contributed by atoms with Crippen molar-refractivity contribution in [2.45, 2.75) is 0 Å². The first-order valence-corrected chi connectivity index (χ1v) is 4.75. The van der Waals surface area contributed by atoms with E-state index in [2.05, 4.69) is 20.9 Å². The van der Waals surface area contributed by atoms with Gasteiger partial charge in [0.25, 0.3) is 5.91 Å². The fourth-order valence-electron chi connectivity index (χ4n) is 1.38. The number of primary amides is 1. The molecule has 5 N–H and O–H groups in total. The van der Waals surface area contributed by atoms with Gasteiger partial charge in [0.2, 0.25) is 0 Å². The fourth-order valence-corrected chi connectivity index (χ4v) is 1.74. The molecule has 5 heteroatoms. The summed E-state index contributed by atoms with van der Waals surface area (Å²) in [6, 6.07) is 5.54. The van der Waals surface area contributed by atoms with Crippen molar-refractivity contribution in [2.24, 2.45) is 5.73 Å². The second-order valence-corrected chi connectivity index (χ2v) is 3.88. The van der Waals surface area contributed by atoms with Crippen LogP contribution in [-0.4, -0.2) is 10.9 Å². The van der Waals surface area contributed by atoms with Gasteiger partial charge in [0.1, 0.15) is 5.69 Å². The summed E-state index contributed by atoms with van der Waals surface area (Å²) in [6.45, 7) is 0. The lowest BCUT2D eigenvalue weighted by Crippen LogP contribution is -2.13. The lowest BCUT2D eigenvalue weighted by Gasteiger charge is -1.93. The van der Waals surface area contributed by atoms with E-state index in [0.717, 1.165) is 15.4 Å². The average molecular weight is 254 g/mol. The Hall–Kier alpha value is -1.49. The summed E-state index contributed by atoms with van der Waals surface area (Å²) in [6.07, 6.45) is 0. The lowest BCUT2D eigenvalue weighted by atomic mass is 10.2. The van der Waals surface area contributed by atoms with E-state index in [1.807, 2.05) is 18.2 Å². The number of nitrogens with two attached hydrogens (primary N) is 2. The minimum Gasteiger partial charge on any atom is -0.396 e. The van der Waals surface area contributed by atoms with Crippen LogP contribution in [0.3, 0.4) is 0 Å². The molecule has 0 fully saturated rings. The molecule has 0 radical (unpaired) electrons. The van der Waals surface area contributed by atoms with E-state index in [-0.39, 0.29) is 5.69 Å². The van der Waals surface area contributed by atoms with Crippen LogP contribution in [0.5, 0.6) is 0 Å². The molecule has 2 aromatic rings. The molecule has 2 rings (SSSR count). The summed E-state index contributed by atoms with van der Waals surface area (Å²) in [5.74, 6) is -0.546. The number of carbonyl (C=O) groups excluding carboxylic acids is 1. The number of amides is 1. The second kappa shape index (κ2) is 3.02. The van der Waals surface area contributed by atoms with Crippen molar-refractivity contribution < 1.29 is 4.79 Å². The Labute approximate surface area is 88.4 Å². The first-order chi connectivity index (χ1) is 6.59. The molecule has 0 aliphatic heterocycles. The maximum atomic E-state index is 11.0. The van der Waals surface area contributed by atoms with E-state index < -0.39 is 5.91 Å². The smallest absolute Gasteiger partial charge is 0.267 e. The fraction of sp³-hybridized carbons (Fsp3) is 0. The minimum absolute atomic E-state index is 0.262. The first kappa shape index (κ1) is 9.08. The van der Waals surface area contributed by atoms with Crippen LogP contribution < -0.4 is 11.5 Å². The lowest BCUT2D eigenvalue weighted by molar-refractivity contribution is 0.0997. The van der Waals surface area contributed by atoms with Gasteiger partial charge in [-0.2, -0.15) is 0 Å². The Bertz CT molecular complexity index is 518. The molecule has 72 valence electrons. The monoisotopic (exact) mass is 253 g/mol. The number of anilines is 1. The number of hydrogen-bond acceptors (Lipinski definition) is 2. The highest BCUT2D eigenvalue weighted by molar-refractivity contribution is 9.10. The van der Waals surface area contributed by atoms with Gasteiger partial charge >= 0.3 is 0 Å². The Morgan fingerprint density at radius 3 is 2.79 bits per heavy atom. The Balaban J connectivity index is 2.80. The van der Waals surface area contributed by atoms with Crippen LogP contribution in [0.15, 0.2) is 22.7 Å². The van der Waals surface area contributed by atoms with Gasteiger partial charge in [-0.05, 0) is 18.2 Å². The minimum atomic E-state index is -0.546. The van der Waals surface area contributed by atoms with Crippen LogP contribution in [0.25, 0.3) is 10.9 Å². The summed E-state index contributed by atoms with van der Waals surface area (Å²) in [7, 11) is 0. The quantitative estimate of drug-likeness (QED) is 0.722. The normalized spacial score (nSPS) is 10.6. The van der Waals surface area contributed by atoms with Crippen molar-refractivity contribution in [3.8, 4) is 0 Å². The van der Waals surface area contributed by atoms with Crippen molar-refractivity contribution in [1.82, 2.24) is 4.98 Å². The zero-order chi connectivity index (χ0) is 10.3. The van der Waals surface area contributed by atoms with Gasteiger partial charge in [0.05, 0.1) is 5.69 Å². The standard InChI is InChI=1S/C9H8BrN3O/c10-4-1-2-6-5(3-4)7(11)8(13-6)9(12)14/h1-3,13H,11H2,(H2,12,14). The molecule has 0 atom stereocenters. The van der Waals surface area contributed by atoms with Gasteiger partial charge in [0, 0.05) is 15.4 Å². The highest BCUT2D eigenvalue weighted by Gasteiger charge is 2.12. The molecule has 0 aliphatic carbocycles. The van der Waals surface area contributed by atoms with Crippen LogP contribution in [0.4, 0.5) is 5.69 Å². The van der Waals surface area contributed by atoms with Crippen molar-refractivity contribution >= 4 is 38.4 Å². The molecule has 0 aliphatic rings. The van der Waals surface area contributed by atoms with Crippen LogP contribution in [0.2, 0.25) is 0 Å². The molecule has 0 saturated heterocycles. The Morgan fingerprint density at radius 1 is 1.43 bits per heavy atom. The van der Waals surface area contributed by atoms with Crippen LogP contribution in [0.1, 0.15) is 10.5 Å². The van der Waals surface area contributed by atoms with Gasteiger partial charge in [-0.15, -0.1) is 0 Å². The highest BCUT2D eigenvalue weighted by Crippen LogP contribution is 2.27. The number of hydrogen-bond donors (Lipinski definition) is 3. The summed E-state index contributed by atoms with van der Waals surface area (Å²) in [5.41, 5.74) is 12.4. The number of fused-ring (bicyclic) bond motifs is 1. The SMILES string of the molecule is NC(=O)c1[nH]c2ccc(Br)cc2c1N. The topological polar surface area (TPSA) is 84.9 Å². The van der Waals surface area contributed by atoms with Gasteiger partial charge < -0.3 is 16.5 Å². The number of benzene rings is 1.